The molecule has 1 aliphatic heterocycles. The van der Waals surface area contributed by atoms with Gasteiger partial charge in [-0.3, -0.25) is 9.69 Å². The van der Waals surface area contributed by atoms with Crippen LogP contribution >= 0.6 is 0 Å². The third-order valence-electron chi connectivity index (χ3n) is 2.92. The Bertz CT molecular complexity index is 204. The first kappa shape index (κ1) is 12.5. The van der Waals surface area contributed by atoms with Crippen LogP contribution in [0.3, 0.4) is 0 Å². The van der Waals surface area contributed by atoms with Crippen molar-refractivity contribution in [2.24, 2.45) is 5.92 Å². The number of esters is 1. The first-order valence-corrected chi connectivity index (χ1v) is 6.05. The van der Waals surface area contributed by atoms with E-state index in [0.29, 0.717) is 12.5 Å². The number of rotatable bonds is 5. The fraction of sp³-hybridized carbons (Fsp3) is 0.917. The van der Waals surface area contributed by atoms with Gasteiger partial charge in [-0.05, 0) is 45.2 Å². The highest BCUT2D eigenvalue weighted by molar-refractivity contribution is 5.76. The second-order valence-corrected chi connectivity index (χ2v) is 4.63. The van der Waals surface area contributed by atoms with E-state index in [-0.39, 0.29) is 12.0 Å². The summed E-state index contributed by atoms with van der Waals surface area (Å²) in [6, 6.07) is 0.0312. The van der Waals surface area contributed by atoms with Gasteiger partial charge in [0.2, 0.25) is 0 Å². The van der Waals surface area contributed by atoms with E-state index in [2.05, 4.69) is 18.7 Å². The third-order valence-corrected chi connectivity index (χ3v) is 2.92. The number of likely N-dealkylation sites (tertiary alicyclic amines) is 1. The van der Waals surface area contributed by atoms with Crippen LogP contribution in [0, 0.1) is 5.92 Å². The van der Waals surface area contributed by atoms with Crippen molar-refractivity contribution in [3.63, 3.8) is 0 Å². The molecule has 1 aliphatic rings. The average molecular weight is 213 g/mol. The molecule has 1 rings (SSSR count). The van der Waals surface area contributed by atoms with E-state index in [4.69, 9.17) is 4.74 Å². The lowest BCUT2D eigenvalue weighted by Crippen LogP contribution is -2.38. The Morgan fingerprint density at radius 1 is 1.53 bits per heavy atom. The largest absolute Gasteiger partial charge is 0.465 e. The zero-order chi connectivity index (χ0) is 11.3. The summed E-state index contributed by atoms with van der Waals surface area (Å²) in [5.41, 5.74) is 0. The molecule has 0 aromatic carbocycles. The number of hydrogen-bond donors (Lipinski definition) is 0. The molecule has 3 nitrogen and oxygen atoms in total. The van der Waals surface area contributed by atoms with Crippen molar-refractivity contribution in [1.29, 1.82) is 0 Å². The van der Waals surface area contributed by atoms with Gasteiger partial charge in [0.15, 0.2) is 0 Å². The highest BCUT2D eigenvalue weighted by Crippen LogP contribution is 2.19. The molecule has 0 spiro atoms. The Morgan fingerprint density at radius 2 is 2.27 bits per heavy atom. The molecule has 0 radical (unpaired) electrons. The molecule has 1 unspecified atom stereocenters. The molecule has 0 N–H and O–H groups in total. The van der Waals surface area contributed by atoms with E-state index >= 15 is 0 Å². The first-order valence-electron chi connectivity index (χ1n) is 6.05. The molecule has 1 saturated heterocycles. The van der Waals surface area contributed by atoms with Gasteiger partial charge in [-0.25, -0.2) is 0 Å². The Kier molecular flexibility index (Phi) is 5.09. The molecular formula is C12H23NO2. The highest BCUT2D eigenvalue weighted by atomic mass is 16.5. The fourth-order valence-electron chi connectivity index (χ4n) is 2.02. The van der Waals surface area contributed by atoms with Crippen LogP contribution in [0.1, 0.15) is 40.0 Å². The van der Waals surface area contributed by atoms with Crippen molar-refractivity contribution >= 4 is 5.97 Å². The molecule has 1 fully saturated rings. The van der Waals surface area contributed by atoms with Gasteiger partial charge in [-0.2, -0.15) is 0 Å². The van der Waals surface area contributed by atoms with Gasteiger partial charge in [-0.15, -0.1) is 0 Å². The Labute approximate surface area is 92.8 Å². The van der Waals surface area contributed by atoms with Crippen molar-refractivity contribution < 1.29 is 9.53 Å². The molecule has 1 atom stereocenters. The molecular weight excluding hydrogens is 190 g/mol. The maximum Gasteiger partial charge on any atom is 0.323 e. The predicted molar refractivity (Wildman–Crippen MR) is 60.7 cm³/mol. The SMILES string of the molecule is CCOC(=O)C1CCCN1CCC(C)C. The summed E-state index contributed by atoms with van der Waals surface area (Å²) in [4.78, 5) is 13.9. The standard InChI is InChI=1S/C12H23NO2/c1-4-15-12(14)11-6-5-8-13(11)9-7-10(2)3/h10-11H,4-9H2,1-3H3. The number of carbonyl (C=O) groups excluding carboxylic acids is 1. The van der Waals surface area contributed by atoms with Gasteiger partial charge >= 0.3 is 5.97 Å². The molecule has 0 amide bonds. The van der Waals surface area contributed by atoms with Gasteiger partial charge in [-0.1, -0.05) is 13.8 Å². The van der Waals surface area contributed by atoms with Crippen LogP contribution in [0.2, 0.25) is 0 Å². The average Bonchev–Trinajstić information content (AvgIpc) is 2.62. The number of carbonyl (C=O) groups is 1. The minimum Gasteiger partial charge on any atom is -0.465 e. The number of nitrogens with zero attached hydrogens (tertiary/aromatic N) is 1. The number of hydrogen-bond acceptors (Lipinski definition) is 3. The first-order chi connectivity index (χ1) is 7.15. The molecule has 0 bridgehead atoms. The molecule has 0 saturated carbocycles. The Hall–Kier alpha value is -0.570. The van der Waals surface area contributed by atoms with E-state index in [1.807, 2.05) is 6.92 Å². The zero-order valence-corrected chi connectivity index (χ0v) is 10.2. The van der Waals surface area contributed by atoms with Gasteiger partial charge in [0.05, 0.1) is 6.61 Å². The van der Waals surface area contributed by atoms with Crippen molar-refractivity contribution in [1.82, 2.24) is 4.90 Å². The molecule has 88 valence electrons. The summed E-state index contributed by atoms with van der Waals surface area (Å²) in [6.45, 7) is 8.88. The fourth-order valence-corrected chi connectivity index (χ4v) is 2.02. The summed E-state index contributed by atoms with van der Waals surface area (Å²) in [6.07, 6.45) is 3.26. The molecule has 15 heavy (non-hydrogen) atoms. The second-order valence-electron chi connectivity index (χ2n) is 4.63. The smallest absolute Gasteiger partial charge is 0.323 e. The maximum atomic E-state index is 11.6. The summed E-state index contributed by atoms with van der Waals surface area (Å²) < 4.78 is 5.08. The predicted octanol–water partition coefficient (Wildman–Crippen LogP) is 2.06. The minimum atomic E-state index is -0.0289. The summed E-state index contributed by atoms with van der Waals surface area (Å²) in [5, 5.41) is 0. The van der Waals surface area contributed by atoms with E-state index < -0.39 is 0 Å². The minimum absolute atomic E-state index is 0.0289. The van der Waals surface area contributed by atoms with Crippen LogP contribution in [0.25, 0.3) is 0 Å². The van der Waals surface area contributed by atoms with Gasteiger partial charge in [0, 0.05) is 0 Å². The van der Waals surface area contributed by atoms with Crippen LogP contribution in [-0.4, -0.2) is 36.6 Å². The van der Waals surface area contributed by atoms with E-state index in [9.17, 15) is 4.79 Å². The van der Waals surface area contributed by atoms with Crippen molar-refractivity contribution in [2.45, 2.75) is 46.1 Å². The van der Waals surface area contributed by atoms with E-state index in [1.54, 1.807) is 0 Å². The van der Waals surface area contributed by atoms with E-state index in [1.165, 1.54) is 0 Å². The molecule has 0 aromatic heterocycles. The normalized spacial score (nSPS) is 22.3. The summed E-state index contributed by atoms with van der Waals surface area (Å²) in [7, 11) is 0. The van der Waals surface area contributed by atoms with Gasteiger partial charge < -0.3 is 4.74 Å². The molecule has 0 aromatic rings. The monoisotopic (exact) mass is 213 g/mol. The molecule has 3 heteroatoms. The Balaban J connectivity index is 2.38. The van der Waals surface area contributed by atoms with Crippen LogP contribution in [0.4, 0.5) is 0 Å². The summed E-state index contributed by atoms with van der Waals surface area (Å²) >= 11 is 0. The maximum absolute atomic E-state index is 11.6. The van der Waals surface area contributed by atoms with Crippen LogP contribution in [0.5, 0.6) is 0 Å². The molecule has 0 aliphatic carbocycles. The lowest BCUT2D eigenvalue weighted by molar-refractivity contribution is -0.148. The Morgan fingerprint density at radius 3 is 2.87 bits per heavy atom. The van der Waals surface area contributed by atoms with Crippen molar-refractivity contribution in [3.05, 3.63) is 0 Å². The van der Waals surface area contributed by atoms with Crippen LogP contribution in [0.15, 0.2) is 0 Å². The van der Waals surface area contributed by atoms with Crippen molar-refractivity contribution in [3.8, 4) is 0 Å². The summed E-state index contributed by atoms with van der Waals surface area (Å²) in [5.74, 6) is 0.673. The lowest BCUT2D eigenvalue weighted by atomic mass is 10.1. The van der Waals surface area contributed by atoms with Gasteiger partial charge in [0.1, 0.15) is 6.04 Å². The third kappa shape index (κ3) is 3.82. The lowest BCUT2D eigenvalue weighted by Gasteiger charge is -2.23. The number of ether oxygens (including phenoxy) is 1. The van der Waals surface area contributed by atoms with Crippen LogP contribution in [-0.2, 0) is 9.53 Å². The molecule has 1 heterocycles. The second kappa shape index (κ2) is 6.11. The highest BCUT2D eigenvalue weighted by Gasteiger charge is 2.31. The quantitative estimate of drug-likeness (QED) is 0.655. The van der Waals surface area contributed by atoms with E-state index in [0.717, 1.165) is 32.4 Å². The zero-order valence-electron chi connectivity index (χ0n) is 10.2. The van der Waals surface area contributed by atoms with Crippen molar-refractivity contribution in [2.75, 3.05) is 19.7 Å². The van der Waals surface area contributed by atoms with Gasteiger partial charge in [0.25, 0.3) is 0 Å². The topological polar surface area (TPSA) is 29.5 Å². The van der Waals surface area contributed by atoms with Crippen LogP contribution < -0.4 is 0 Å².